The summed E-state index contributed by atoms with van der Waals surface area (Å²) in [5.74, 6) is 1.19. The number of hydrogen-bond acceptors (Lipinski definition) is 3. The van der Waals surface area contributed by atoms with Crippen molar-refractivity contribution in [1.82, 2.24) is 10.2 Å². The van der Waals surface area contributed by atoms with Gasteiger partial charge in [-0.15, -0.1) is 24.8 Å². The molecule has 1 saturated heterocycles. The minimum atomic E-state index is 0. The number of aromatic hydroxyl groups is 1. The quantitative estimate of drug-likeness (QED) is 0.816. The van der Waals surface area contributed by atoms with Gasteiger partial charge in [0.25, 0.3) is 0 Å². The van der Waals surface area contributed by atoms with E-state index in [1.54, 1.807) is 0 Å². The second-order valence-corrected chi connectivity index (χ2v) is 6.55. The number of rotatable bonds is 3. The first kappa shape index (κ1) is 19.0. The van der Waals surface area contributed by atoms with Crippen molar-refractivity contribution in [2.45, 2.75) is 25.8 Å². The number of halogens is 3. The summed E-state index contributed by atoms with van der Waals surface area (Å²) >= 11 is 3.64. The second kappa shape index (κ2) is 8.02. The highest BCUT2D eigenvalue weighted by atomic mass is 79.9. The van der Waals surface area contributed by atoms with Gasteiger partial charge in [-0.25, -0.2) is 0 Å². The molecule has 6 heteroatoms. The highest BCUT2D eigenvalue weighted by molar-refractivity contribution is 9.10. The van der Waals surface area contributed by atoms with Crippen molar-refractivity contribution in [1.29, 1.82) is 0 Å². The van der Waals surface area contributed by atoms with Gasteiger partial charge in [0.2, 0.25) is 0 Å². The Labute approximate surface area is 147 Å². The van der Waals surface area contributed by atoms with Crippen LogP contribution in [-0.2, 0) is 0 Å². The molecule has 21 heavy (non-hydrogen) atoms. The maximum atomic E-state index is 10.5. The summed E-state index contributed by atoms with van der Waals surface area (Å²) in [6.45, 7) is 6.22. The molecule has 1 aliphatic heterocycles. The second-order valence-electron chi connectivity index (χ2n) is 5.69. The highest BCUT2D eigenvalue weighted by Gasteiger charge is 2.39. The minimum absolute atomic E-state index is 0. The van der Waals surface area contributed by atoms with E-state index in [-0.39, 0.29) is 24.8 Å². The number of nitrogens with zero attached hydrogens (tertiary/aromatic N) is 1. The van der Waals surface area contributed by atoms with Gasteiger partial charge in [-0.1, -0.05) is 22.0 Å². The van der Waals surface area contributed by atoms with Gasteiger partial charge in [-0.2, -0.15) is 0 Å². The largest absolute Gasteiger partial charge is 0.507 e. The molecule has 0 amide bonds. The van der Waals surface area contributed by atoms with Crippen molar-refractivity contribution in [3.05, 3.63) is 27.7 Å². The highest BCUT2D eigenvalue weighted by Crippen LogP contribution is 2.49. The van der Waals surface area contributed by atoms with Gasteiger partial charge in [0.1, 0.15) is 5.75 Å². The maximum Gasteiger partial charge on any atom is 0.124 e. The van der Waals surface area contributed by atoms with Gasteiger partial charge in [0.05, 0.1) is 0 Å². The molecule has 120 valence electrons. The molecular weight excluding hydrogens is 375 g/mol. The number of phenols is 1. The Balaban J connectivity index is 0.00000110. The van der Waals surface area contributed by atoms with Gasteiger partial charge in [0, 0.05) is 42.3 Å². The van der Waals surface area contributed by atoms with Crippen LogP contribution in [0.25, 0.3) is 0 Å². The van der Waals surface area contributed by atoms with E-state index in [1.807, 2.05) is 13.0 Å². The first-order valence-corrected chi connectivity index (χ1v) is 7.90. The van der Waals surface area contributed by atoms with Crippen molar-refractivity contribution < 1.29 is 5.11 Å². The topological polar surface area (TPSA) is 35.5 Å². The molecule has 0 unspecified atom stereocenters. The van der Waals surface area contributed by atoms with Crippen LogP contribution in [0.1, 0.15) is 30.0 Å². The van der Waals surface area contributed by atoms with Gasteiger partial charge in [-0.05, 0) is 37.3 Å². The van der Waals surface area contributed by atoms with Crippen LogP contribution in [0.2, 0.25) is 0 Å². The summed E-state index contributed by atoms with van der Waals surface area (Å²) < 4.78 is 1.05. The average Bonchev–Trinajstić information content (AvgIpc) is 3.24. The summed E-state index contributed by atoms with van der Waals surface area (Å²) in [6.07, 6.45) is 2.57. The minimum Gasteiger partial charge on any atom is -0.507 e. The molecule has 2 aliphatic rings. The number of nitrogens with one attached hydrogen (secondary N) is 1. The number of benzene rings is 1. The SMILES string of the molecule is Cc1ccc(Br)c([C@@H](C2CC2)N2CCNCC2)c1O.Cl.Cl. The lowest BCUT2D eigenvalue weighted by atomic mass is 9.97. The Morgan fingerprint density at radius 1 is 1.24 bits per heavy atom. The molecule has 1 saturated carbocycles. The van der Waals surface area contributed by atoms with E-state index in [4.69, 9.17) is 0 Å². The Kier molecular flexibility index (Phi) is 7.28. The standard InChI is InChI=1S/C15H21BrN2O.2ClH/c1-10-2-5-12(16)13(15(10)19)14(11-3-4-11)18-8-6-17-7-9-18;;/h2,5,11,14,17,19H,3-4,6-9H2,1H3;2*1H/t14-;;/m1../s1. The molecule has 1 aliphatic carbocycles. The smallest absolute Gasteiger partial charge is 0.124 e. The molecule has 1 atom stereocenters. The molecular formula is C15H23BrCl2N2O. The molecule has 1 aromatic carbocycles. The molecule has 2 fully saturated rings. The fraction of sp³-hybridized carbons (Fsp3) is 0.600. The van der Waals surface area contributed by atoms with Gasteiger partial charge in [-0.3, -0.25) is 4.90 Å². The van der Waals surface area contributed by atoms with Crippen LogP contribution in [0.4, 0.5) is 0 Å². The molecule has 0 spiro atoms. The van der Waals surface area contributed by atoms with Gasteiger partial charge in [0.15, 0.2) is 0 Å². The summed E-state index contributed by atoms with van der Waals surface area (Å²) in [5.41, 5.74) is 2.07. The van der Waals surface area contributed by atoms with E-state index in [0.717, 1.165) is 41.8 Å². The zero-order valence-electron chi connectivity index (χ0n) is 12.1. The zero-order chi connectivity index (χ0) is 13.4. The summed E-state index contributed by atoms with van der Waals surface area (Å²) in [4.78, 5) is 2.54. The summed E-state index contributed by atoms with van der Waals surface area (Å²) in [5, 5.41) is 13.9. The molecule has 1 aromatic rings. The average molecular weight is 398 g/mol. The Bertz CT molecular complexity index is 477. The molecule has 0 radical (unpaired) electrons. The number of piperazine rings is 1. The molecule has 0 aromatic heterocycles. The molecule has 3 nitrogen and oxygen atoms in total. The van der Waals surface area contributed by atoms with Crippen LogP contribution in [0.5, 0.6) is 5.75 Å². The molecule has 1 heterocycles. The van der Waals surface area contributed by atoms with E-state index < -0.39 is 0 Å². The Hall–Kier alpha value is -0.000000000000000111. The Morgan fingerprint density at radius 2 is 1.86 bits per heavy atom. The molecule has 0 bridgehead atoms. The van der Waals surface area contributed by atoms with Crippen LogP contribution in [-0.4, -0.2) is 36.2 Å². The number of phenolic OH excluding ortho intramolecular Hbond substituents is 1. The predicted molar refractivity (Wildman–Crippen MR) is 94.9 cm³/mol. The normalized spacial score (nSPS) is 20.3. The lowest BCUT2D eigenvalue weighted by Gasteiger charge is -2.36. The van der Waals surface area contributed by atoms with Crippen LogP contribution < -0.4 is 5.32 Å². The third-order valence-corrected chi connectivity index (χ3v) is 4.97. The fourth-order valence-electron chi connectivity index (χ4n) is 3.06. The van der Waals surface area contributed by atoms with E-state index in [9.17, 15) is 5.11 Å². The van der Waals surface area contributed by atoms with Crippen LogP contribution in [0.3, 0.4) is 0 Å². The van der Waals surface area contributed by atoms with Crippen molar-refractivity contribution in [2.75, 3.05) is 26.2 Å². The number of hydrogen-bond donors (Lipinski definition) is 2. The van der Waals surface area contributed by atoms with E-state index in [2.05, 4.69) is 32.2 Å². The van der Waals surface area contributed by atoms with Crippen LogP contribution in [0, 0.1) is 12.8 Å². The van der Waals surface area contributed by atoms with E-state index in [1.165, 1.54) is 12.8 Å². The lowest BCUT2D eigenvalue weighted by Crippen LogP contribution is -2.45. The Morgan fingerprint density at radius 3 is 2.43 bits per heavy atom. The predicted octanol–water partition coefficient (Wildman–Crippen LogP) is 3.66. The first-order chi connectivity index (χ1) is 9.18. The maximum absolute atomic E-state index is 10.5. The third kappa shape index (κ3) is 4.05. The fourth-order valence-corrected chi connectivity index (χ4v) is 3.62. The van der Waals surface area contributed by atoms with E-state index in [0.29, 0.717) is 17.7 Å². The lowest BCUT2D eigenvalue weighted by molar-refractivity contribution is 0.153. The molecule has 3 rings (SSSR count). The van der Waals surface area contributed by atoms with Crippen molar-refractivity contribution in [3.63, 3.8) is 0 Å². The van der Waals surface area contributed by atoms with Crippen molar-refractivity contribution in [2.24, 2.45) is 5.92 Å². The number of aryl methyl sites for hydroxylation is 1. The first-order valence-electron chi connectivity index (χ1n) is 7.11. The van der Waals surface area contributed by atoms with Crippen LogP contribution in [0.15, 0.2) is 16.6 Å². The van der Waals surface area contributed by atoms with Gasteiger partial charge < -0.3 is 10.4 Å². The zero-order valence-corrected chi connectivity index (χ0v) is 15.4. The van der Waals surface area contributed by atoms with Crippen molar-refractivity contribution in [3.8, 4) is 5.75 Å². The van der Waals surface area contributed by atoms with Crippen LogP contribution >= 0.6 is 40.7 Å². The third-order valence-electron chi connectivity index (χ3n) is 4.27. The van der Waals surface area contributed by atoms with Crippen molar-refractivity contribution >= 4 is 40.7 Å². The molecule has 2 N–H and O–H groups in total. The summed E-state index contributed by atoms with van der Waals surface area (Å²) in [6, 6.07) is 4.42. The van der Waals surface area contributed by atoms with E-state index >= 15 is 0 Å². The monoisotopic (exact) mass is 396 g/mol. The summed E-state index contributed by atoms with van der Waals surface area (Å²) in [7, 11) is 0. The van der Waals surface area contributed by atoms with Gasteiger partial charge >= 0.3 is 0 Å².